The Hall–Kier alpha value is -3.05. The van der Waals surface area contributed by atoms with Gasteiger partial charge >= 0.3 is 12.1 Å². The second-order valence-corrected chi connectivity index (χ2v) is 5.41. The van der Waals surface area contributed by atoms with E-state index in [0.29, 0.717) is 0 Å². The molecule has 0 aliphatic carbocycles. The van der Waals surface area contributed by atoms with Gasteiger partial charge in [-0.05, 0) is 30.3 Å². The monoisotopic (exact) mass is 382 g/mol. The van der Waals surface area contributed by atoms with E-state index in [1.165, 1.54) is 24.3 Å². The van der Waals surface area contributed by atoms with E-state index < -0.39 is 35.8 Å². The topological polar surface area (TPSA) is 79.2 Å². The second-order valence-electron chi connectivity index (χ2n) is 4.97. The van der Waals surface area contributed by atoms with Gasteiger partial charge in [-0.2, -0.15) is 18.4 Å². The highest BCUT2D eigenvalue weighted by Crippen LogP contribution is 2.32. The number of nitrogens with one attached hydrogen (secondary N) is 1. The molecule has 0 aliphatic heterocycles. The zero-order chi connectivity index (χ0) is 19.3. The highest BCUT2D eigenvalue weighted by atomic mass is 35.5. The van der Waals surface area contributed by atoms with Crippen molar-refractivity contribution in [2.24, 2.45) is 0 Å². The number of anilines is 1. The van der Waals surface area contributed by atoms with Crippen LogP contribution in [0.4, 0.5) is 18.9 Å². The number of hydrogen-bond donors (Lipinski definition) is 1. The Balaban J connectivity index is 2.06. The summed E-state index contributed by atoms with van der Waals surface area (Å²) in [5, 5.41) is 11.5. The number of benzene rings is 2. The predicted molar refractivity (Wildman–Crippen MR) is 86.5 cm³/mol. The number of carbonyl (C=O) groups is 2. The molecular formula is C17H10ClF3N2O3. The Morgan fingerprint density at radius 1 is 1.19 bits per heavy atom. The molecule has 2 aromatic carbocycles. The van der Waals surface area contributed by atoms with Crippen molar-refractivity contribution >= 4 is 29.2 Å². The first kappa shape index (κ1) is 19.3. The summed E-state index contributed by atoms with van der Waals surface area (Å²) in [7, 11) is 0. The number of alkyl halides is 3. The van der Waals surface area contributed by atoms with Crippen molar-refractivity contribution in [3.63, 3.8) is 0 Å². The minimum Gasteiger partial charge on any atom is -0.452 e. The summed E-state index contributed by atoms with van der Waals surface area (Å²) in [5.74, 6) is -2.12. The van der Waals surface area contributed by atoms with Crippen LogP contribution >= 0.6 is 11.6 Å². The fraction of sp³-hybridized carbons (Fsp3) is 0.118. The first-order valence-corrected chi connectivity index (χ1v) is 7.43. The van der Waals surface area contributed by atoms with Crippen LogP contribution in [0, 0.1) is 11.3 Å². The van der Waals surface area contributed by atoms with Crippen LogP contribution in [0.25, 0.3) is 0 Å². The van der Waals surface area contributed by atoms with E-state index in [0.717, 1.165) is 18.2 Å². The number of hydrogen-bond acceptors (Lipinski definition) is 4. The summed E-state index contributed by atoms with van der Waals surface area (Å²) >= 11 is 5.77. The molecule has 0 aliphatic rings. The molecule has 0 saturated carbocycles. The van der Waals surface area contributed by atoms with E-state index in [-0.39, 0.29) is 16.3 Å². The van der Waals surface area contributed by atoms with Gasteiger partial charge in [0, 0.05) is 5.02 Å². The van der Waals surface area contributed by atoms with Gasteiger partial charge in [-0.15, -0.1) is 0 Å². The van der Waals surface area contributed by atoms with Gasteiger partial charge in [0.05, 0.1) is 22.4 Å². The zero-order valence-electron chi connectivity index (χ0n) is 12.9. The van der Waals surface area contributed by atoms with Gasteiger partial charge in [0.15, 0.2) is 6.61 Å². The van der Waals surface area contributed by atoms with Gasteiger partial charge in [0.1, 0.15) is 6.07 Å². The van der Waals surface area contributed by atoms with E-state index in [4.69, 9.17) is 16.9 Å². The first-order valence-electron chi connectivity index (χ1n) is 7.05. The minimum atomic E-state index is -4.74. The Kier molecular flexibility index (Phi) is 5.85. The standard InChI is InChI=1S/C17H10ClF3N2O3/c18-11-6-5-10(8-22)14(7-11)23-15(24)9-26-16(25)12-3-1-2-4-13(12)17(19,20)21/h1-7H,9H2,(H,23,24). The average Bonchev–Trinajstić information content (AvgIpc) is 2.59. The molecule has 0 spiro atoms. The molecule has 0 fully saturated rings. The largest absolute Gasteiger partial charge is 0.452 e. The van der Waals surface area contributed by atoms with E-state index >= 15 is 0 Å². The molecular weight excluding hydrogens is 373 g/mol. The highest BCUT2D eigenvalue weighted by Gasteiger charge is 2.35. The van der Waals surface area contributed by atoms with Crippen molar-refractivity contribution in [2.75, 3.05) is 11.9 Å². The van der Waals surface area contributed by atoms with Crippen LogP contribution in [0.3, 0.4) is 0 Å². The fourth-order valence-electron chi connectivity index (χ4n) is 2.02. The molecule has 9 heteroatoms. The third-order valence-electron chi connectivity index (χ3n) is 3.16. The SMILES string of the molecule is N#Cc1ccc(Cl)cc1NC(=O)COC(=O)c1ccccc1C(F)(F)F. The van der Waals surface area contributed by atoms with Crippen molar-refractivity contribution in [3.8, 4) is 6.07 Å². The van der Waals surface area contributed by atoms with Gasteiger partial charge in [0.25, 0.3) is 5.91 Å². The number of ether oxygens (including phenoxy) is 1. The molecule has 0 unspecified atom stereocenters. The van der Waals surface area contributed by atoms with Gasteiger partial charge in [-0.25, -0.2) is 4.79 Å². The third kappa shape index (κ3) is 4.74. The van der Waals surface area contributed by atoms with Crippen molar-refractivity contribution in [3.05, 3.63) is 64.2 Å². The normalized spacial score (nSPS) is 10.7. The first-order chi connectivity index (χ1) is 12.2. The van der Waals surface area contributed by atoms with Crippen LogP contribution in [0.1, 0.15) is 21.5 Å². The summed E-state index contributed by atoms with van der Waals surface area (Å²) in [6.45, 7) is -0.831. The molecule has 5 nitrogen and oxygen atoms in total. The lowest BCUT2D eigenvalue weighted by molar-refractivity contribution is -0.138. The fourth-order valence-corrected chi connectivity index (χ4v) is 2.19. The number of halogens is 4. The summed E-state index contributed by atoms with van der Waals surface area (Å²) < 4.78 is 43.3. The van der Waals surface area contributed by atoms with Crippen LogP contribution in [-0.4, -0.2) is 18.5 Å². The van der Waals surface area contributed by atoms with Crippen LogP contribution in [0.2, 0.25) is 5.02 Å². The van der Waals surface area contributed by atoms with Gasteiger partial charge in [-0.3, -0.25) is 4.79 Å². The van der Waals surface area contributed by atoms with E-state index in [2.05, 4.69) is 10.1 Å². The molecule has 0 saturated heterocycles. The number of nitrogens with zero attached hydrogens (tertiary/aromatic N) is 1. The quantitative estimate of drug-likeness (QED) is 0.810. The lowest BCUT2D eigenvalue weighted by Crippen LogP contribution is -2.22. The predicted octanol–water partition coefficient (Wildman–Crippen LogP) is 4.03. The molecule has 0 radical (unpaired) electrons. The summed E-state index contributed by atoms with van der Waals surface area (Å²) in [5.41, 5.74) is -1.64. The number of carbonyl (C=O) groups excluding carboxylic acids is 2. The maximum Gasteiger partial charge on any atom is 0.417 e. The molecule has 26 heavy (non-hydrogen) atoms. The van der Waals surface area contributed by atoms with Crippen molar-refractivity contribution in [1.29, 1.82) is 5.26 Å². The Labute approximate surface area is 150 Å². The maximum absolute atomic E-state index is 12.9. The molecule has 2 rings (SSSR count). The molecule has 0 heterocycles. The number of rotatable bonds is 4. The molecule has 2 aromatic rings. The zero-order valence-corrected chi connectivity index (χ0v) is 13.7. The van der Waals surface area contributed by atoms with Crippen molar-refractivity contribution < 1.29 is 27.5 Å². The lowest BCUT2D eigenvalue weighted by atomic mass is 10.1. The van der Waals surface area contributed by atoms with E-state index in [1.54, 1.807) is 0 Å². The van der Waals surface area contributed by atoms with Crippen LogP contribution in [0.15, 0.2) is 42.5 Å². The number of esters is 1. The lowest BCUT2D eigenvalue weighted by Gasteiger charge is -2.12. The Bertz CT molecular complexity index is 892. The molecule has 0 aromatic heterocycles. The van der Waals surface area contributed by atoms with Crippen LogP contribution < -0.4 is 5.32 Å². The van der Waals surface area contributed by atoms with E-state index in [1.807, 2.05) is 6.07 Å². The molecule has 0 atom stereocenters. The van der Waals surface area contributed by atoms with Crippen LogP contribution in [0.5, 0.6) is 0 Å². The highest BCUT2D eigenvalue weighted by molar-refractivity contribution is 6.31. The van der Waals surface area contributed by atoms with Crippen molar-refractivity contribution in [1.82, 2.24) is 0 Å². The second kappa shape index (κ2) is 7.89. The minimum absolute atomic E-state index is 0.0942. The van der Waals surface area contributed by atoms with Gasteiger partial charge in [-0.1, -0.05) is 23.7 Å². The summed E-state index contributed by atoms with van der Waals surface area (Å²) in [6.07, 6.45) is -4.74. The average molecular weight is 383 g/mol. The Morgan fingerprint density at radius 2 is 1.88 bits per heavy atom. The van der Waals surface area contributed by atoms with Gasteiger partial charge < -0.3 is 10.1 Å². The number of amides is 1. The molecule has 1 amide bonds. The molecule has 134 valence electrons. The smallest absolute Gasteiger partial charge is 0.417 e. The van der Waals surface area contributed by atoms with Crippen molar-refractivity contribution in [2.45, 2.75) is 6.18 Å². The Morgan fingerprint density at radius 3 is 2.54 bits per heavy atom. The van der Waals surface area contributed by atoms with Gasteiger partial charge in [0.2, 0.25) is 0 Å². The maximum atomic E-state index is 12.9. The number of nitriles is 1. The molecule has 1 N–H and O–H groups in total. The summed E-state index contributed by atoms with van der Waals surface area (Å²) in [6, 6.07) is 10.1. The van der Waals surface area contributed by atoms with Crippen LogP contribution in [-0.2, 0) is 15.7 Å². The summed E-state index contributed by atoms with van der Waals surface area (Å²) in [4.78, 5) is 23.7. The molecule has 0 bridgehead atoms. The van der Waals surface area contributed by atoms with E-state index in [9.17, 15) is 22.8 Å². The third-order valence-corrected chi connectivity index (χ3v) is 3.40.